The topological polar surface area (TPSA) is 60.7 Å². The van der Waals surface area contributed by atoms with Crippen LogP contribution in [0.5, 0.6) is 5.75 Å². The van der Waals surface area contributed by atoms with Crippen molar-refractivity contribution < 1.29 is 18.1 Å². The smallest absolute Gasteiger partial charge is 0.115 e. The first kappa shape index (κ1) is 11.5. The maximum absolute atomic E-state index is 10.4. The van der Waals surface area contributed by atoms with Gasteiger partial charge in [0.15, 0.2) is 0 Å². The van der Waals surface area contributed by atoms with Gasteiger partial charge >= 0.3 is 0 Å². The number of fused-ring (bicyclic) bond motifs is 5. The summed E-state index contributed by atoms with van der Waals surface area (Å²) in [6.07, 6.45) is 2.81. The largest absolute Gasteiger partial charge is 0.508 e. The predicted octanol–water partition coefficient (Wildman–Crippen LogP) is 2.58. The van der Waals surface area contributed by atoms with E-state index in [1.807, 2.05) is 0 Å². The van der Waals surface area contributed by atoms with Crippen LogP contribution in [-0.4, -0.2) is 27.5 Å². The highest BCUT2D eigenvalue weighted by molar-refractivity contribution is 5.40. The molecule has 0 amide bonds. The molecule has 4 rings (SSSR count). The molecule has 0 aromatic heterocycles. The summed E-state index contributed by atoms with van der Waals surface area (Å²) in [6, 6.07) is 1.89. The van der Waals surface area contributed by atoms with Gasteiger partial charge in [0, 0.05) is 0 Å². The zero-order valence-electron chi connectivity index (χ0n) is 14.3. The lowest BCUT2D eigenvalue weighted by Crippen LogP contribution is -2.44. The zero-order chi connectivity index (χ0) is 16.5. The highest BCUT2D eigenvalue weighted by atomic mass is 16.3. The number of aliphatic hydroxyl groups is 2. The van der Waals surface area contributed by atoms with Gasteiger partial charge in [0.1, 0.15) is 5.75 Å². The Morgan fingerprint density at radius 1 is 1.33 bits per heavy atom. The molecule has 0 heterocycles. The number of aliphatic hydroxyl groups excluding tert-OH is 2. The van der Waals surface area contributed by atoms with E-state index in [-0.39, 0.29) is 35.1 Å². The predicted molar refractivity (Wildman–Crippen MR) is 80.1 cm³/mol. The van der Waals surface area contributed by atoms with Gasteiger partial charge in [-0.3, -0.25) is 0 Å². The first-order chi connectivity index (χ1) is 10.8. The van der Waals surface area contributed by atoms with Gasteiger partial charge in [-0.15, -0.1) is 0 Å². The summed E-state index contributed by atoms with van der Waals surface area (Å²) in [6.45, 7) is 2.10. The molecule has 3 heteroatoms. The first-order valence-electron chi connectivity index (χ1n) is 9.02. The van der Waals surface area contributed by atoms with E-state index < -0.39 is 12.2 Å². The minimum absolute atomic E-state index is 0.0363. The van der Waals surface area contributed by atoms with Crippen LogP contribution in [0.25, 0.3) is 0 Å². The lowest BCUT2D eigenvalue weighted by molar-refractivity contribution is -0.0505. The minimum Gasteiger partial charge on any atom is -0.508 e. The van der Waals surface area contributed by atoms with Gasteiger partial charge in [0.05, 0.1) is 14.9 Å². The van der Waals surface area contributed by atoms with Crippen molar-refractivity contribution in [1.82, 2.24) is 0 Å². The number of hydrogen-bond acceptors (Lipinski definition) is 3. The Labute approximate surface area is 128 Å². The normalized spacial score (nSPS) is 46.1. The Balaban J connectivity index is 1.76. The van der Waals surface area contributed by atoms with E-state index in [1.165, 1.54) is 0 Å². The van der Waals surface area contributed by atoms with Gasteiger partial charge in [0.2, 0.25) is 0 Å². The van der Waals surface area contributed by atoms with Crippen molar-refractivity contribution in [2.45, 2.75) is 57.2 Å². The Morgan fingerprint density at radius 2 is 2.14 bits per heavy atom. The highest BCUT2D eigenvalue weighted by Gasteiger charge is 2.57. The van der Waals surface area contributed by atoms with Crippen molar-refractivity contribution >= 4 is 0 Å². The summed E-state index contributed by atoms with van der Waals surface area (Å²) >= 11 is 0. The number of rotatable bonds is 0. The SMILES string of the molecule is [2H]c1cc2c(c([2H])c1O)CC[C@@H]1[C@@H]2CC[C@]2(C)[C@@H](O)[C@@H](O)C[C@@H]12. The van der Waals surface area contributed by atoms with Crippen LogP contribution in [0.3, 0.4) is 0 Å². The summed E-state index contributed by atoms with van der Waals surface area (Å²) < 4.78 is 16.0. The molecule has 1 aromatic rings. The van der Waals surface area contributed by atoms with Crippen molar-refractivity contribution in [2.75, 3.05) is 0 Å². The van der Waals surface area contributed by atoms with Gasteiger partial charge in [-0.2, -0.15) is 0 Å². The Bertz CT molecular complexity index is 662. The monoisotopic (exact) mass is 290 g/mol. The van der Waals surface area contributed by atoms with E-state index in [1.54, 1.807) is 6.07 Å². The third-order valence-corrected chi connectivity index (χ3v) is 6.52. The molecule has 1 aromatic carbocycles. The number of phenols is 1. The number of aromatic hydroxyl groups is 1. The molecule has 2 saturated carbocycles. The third kappa shape index (κ3) is 1.80. The van der Waals surface area contributed by atoms with Crippen molar-refractivity contribution in [1.29, 1.82) is 0 Å². The zero-order valence-corrected chi connectivity index (χ0v) is 12.3. The van der Waals surface area contributed by atoms with E-state index in [2.05, 4.69) is 6.92 Å². The molecular weight excluding hydrogens is 264 g/mol. The number of benzene rings is 1. The molecule has 3 N–H and O–H groups in total. The summed E-state index contributed by atoms with van der Waals surface area (Å²) in [7, 11) is 0. The fourth-order valence-corrected chi connectivity index (χ4v) is 5.40. The second kappa shape index (κ2) is 4.47. The molecule has 0 unspecified atom stereocenters. The third-order valence-electron chi connectivity index (χ3n) is 6.52. The Kier molecular flexibility index (Phi) is 2.45. The molecular formula is C18H24O3. The van der Waals surface area contributed by atoms with Crippen LogP contribution in [0, 0.1) is 17.3 Å². The van der Waals surface area contributed by atoms with Crippen LogP contribution < -0.4 is 0 Å². The fourth-order valence-electron chi connectivity index (χ4n) is 5.40. The molecule has 0 bridgehead atoms. The molecule has 0 spiro atoms. The molecule has 3 nitrogen and oxygen atoms in total. The van der Waals surface area contributed by atoms with Crippen molar-refractivity contribution in [3.8, 4) is 5.75 Å². The van der Waals surface area contributed by atoms with Gasteiger partial charge in [-0.05, 0) is 78.5 Å². The molecule has 3 aliphatic carbocycles. The van der Waals surface area contributed by atoms with Crippen LogP contribution in [0.4, 0.5) is 0 Å². The Morgan fingerprint density at radius 3 is 2.95 bits per heavy atom. The number of phenolic OH excluding ortho intramolecular Hbond substituents is 1. The van der Waals surface area contributed by atoms with Crippen LogP contribution in [0.1, 0.15) is 52.4 Å². The van der Waals surface area contributed by atoms with Crippen LogP contribution in [-0.2, 0) is 6.42 Å². The van der Waals surface area contributed by atoms with Gasteiger partial charge < -0.3 is 15.3 Å². The summed E-state index contributed by atoms with van der Waals surface area (Å²) in [5, 5.41) is 30.5. The molecule has 0 saturated heterocycles. The molecule has 0 radical (unpaired) electrons. The maximum Gasteiger partial charge on any atom is 0.115 e. The lowest BCUT2D eigenvalue weighted by Gasteiger charge is -2.49. The maximum atomic E-state index is 10.4. The average molecular weight is 290 g/mol. The molecule has 3 aliphatic rings. The molecule has 114 valence electrons. The van der Waals surface area contributed by atoms with Crippen LogP contribution >= 0.6 is 0 Å². The average Bonchev–Trinajstić information content (AvgIpc) is 2.76. The molecule has 6 atom stereocenters. The summed E-state index contributed by atoms with van der Waals surface area (Å²) in [5.41, 5.74) is 1.72. The quantitative estimate of drug-likeness (QED) is 0.688. The molecule has 2 fully saturated rings. The van der Waals surface area contributed by atoms with Gasteiger partial charge in [-0.25, -0.2) is 0 Å². The van der Waals surface area contributed by atoms with Crippen LogP contribution in [0.2, 0.25) is 0 Å². The highest BCUT2D eigenvalue weighted by Crippen LogP contribution is 2.60. The van der Waals surface area contributed by atoms with Crippen molar-refractivity contribution in [3.05, 3.63) is 29.3 Å². The van der Waals surface area contributed by atoms with Gasteiger partial charge in [-0.1, -0.05) is 13.0 Å². The Hall–Kier alpha value is -1.06. The standard InChI is InChI=1S/C18H24O3/c1-18-7-6-13-12-5-3-11(19)8-10(12)2-4-14(13)15(18)9-16(20)17(18)21/h3,5,8,13-17,19-21H,2,4,6-7,9H2,1H3/t13-,14-,15+,16+,17+,18+/m1/s1/i3D,8D. The molecule has 0 aliphatic heterocycles. The number of hydrogen-bond donors (Lipinski definition) is 3. The van der Waals surface area contributed by atoms with E-state index in [9.17, 15) is 15.3 Å². The second-order valence-electron chi connectivity index (χ2n) is 7.40. The van der Waals surface area contributed by atoms with Crippen LogP contribution in [0.15, 0.2) is 18.2 Å². The fraction of sp³-hybridized carbons (Fsp3) is 0.667. The van der Waals surface area contributed by atoms with E-state index in [4.69, 9.17) is 2.74 Å². The van der Waals surface area contributed by atoms with E-state index in [0.717, 1.165) is 36.8 Å². The van der Waals surface area contributed by atoms with Gasteiger partial charge in [0.25, 0.3) is 0 Å². The van der Waals surface area contributed by atoms with E-state index >= 15 is 0 Å². The minimum atomic E-state index is -0.645. The van der Waals surface area contributed by atoms with Crippen molar-refractivity contribution in [3.63, 3.8) is 0 Å². The second-order valence-corrected chi connectivity index (χ2v) is 7.40. The lowest BCUT2D eigenvalue weighted by atomic mass is 9.55. The van der Waals surface area contributed by atoms with E-state index in [0.29, 0.717) is 12.3 Å². The first-order valence-corrected chi connectivity index (χ1v) is 8.02. The molecule has 21 heavy (non-hydrogen) atoms. The van der Waals surface area contributed by atoms with Crippen molar-refractivity contribution in [2.24, 2.45) is 17.3 Å². The summed E-state index contributed by atoms with van der Waals surface area (Å²) in [4.78, 5) is 0. The summed E-state index contributed by atoms with van der Waals surface area (Å²) in [5.74, 6) is 0.741.